The molecule has 1 heterocycles. The van der Waals surface area contributed by atoms with Crippen molar-refractivity contribution in [1.82, 2.24) is 10.2 Å². The molecule has 0 aliphatic carbocycles. The van der Waals surface area contributed by atoms with Gasteiger partial charge in [0.05, 0.1) is 6.54 Å². The van der Waals surface area contributed by atoms with E-state index in [1.807, 2.05) is 49.3 Å². The van der Waals surface area contributed by atoms with Gasteiger partial charge in [-0.2, -0.15) is 0 Å². The van der Waals surface area contributed by atoms with Crippen LogP contribution < -0.4 is 10.6 Å². The molecule has 36 heavy (non-hydrogen) atoms. The van der Waals surface area contributed by atoms with Crippen LogP contribution in [0.2, 0.25) is 5.02 Å². The van der Waals surface area contributed by atoms with E-state index in [1.165, 1.54) is 16.7 Å². The molecular formula is C29H34ClN3O2S. The Labute approximate surface area is 222 Å². The molecule has 0 radical (unpaired) electrons. The molecule has 5 nitrogen and oxygen atoms in total. The van der Waals surface area contributed by atoms with Gasteiger partial charge in [0, 0.05) is 27.3 Å². The summed E-state index contributed by atoms with van der Waals surface area (Å²) in [5.74, 6) is -0.0153. The maximum absolute atomic E-state index is 13.0. The highest BCUT2D eigenvalue weighted by Crippen LogP contribution is 2.40. The lowest BCUT2D eigenvalue weighted by Gasteiger charge is -2.40. The van der Waals surface area contributed by atoms with Crippen molar-refractivity contribution < 1.29 is 9.35 Å². The molecule has 3 aromatic carbocycles. The topological polar surface area (TPSA) is 67.4 Å². The second-order valence-corrected chi connectivity index (χ2v) is 11.8. The molecule has 1 atom stereocenters. The summed E-state index contributed by atoms with van der Waals surface area (Å²) < 4.78 is 13.0. The van der Waals surface area contributed by atoms with Gasteiger partial charge in [-0.15, -0.1) is 0 Å². The highest BCUT2D eigenvalue weighted by Gasteiger charge is 2.35. The van der Waals surface area contributed by atoms with E-state index >= 15 is 0 Å². The Bertz CT molecular complexity index is 1180. The molecule has 7 heteroatoms. The van der Waals surface area contributed by atoms with Crippen LogP contribution in [0.25, 0.3) is 0 Å². The zero-order chi connectivity index (χ0) is 25.7. The number of likely N-dealkylation sites (N-methyl/N-ethyl adjacent to an activating group) is 1. The monoisotopic (exact) mass is 523 g/mol. The van der Waals surface area contributed by atoms with Crippen LogP contribution in [0.15, 0.2) is 76.5 Å². The summed E-state index contributed by atoms with van der Waals surface area (Å²) in [6.07, 6.45) is 2.92. The van der Waals surface area contributed by atoms with E-state index in [0.29, 0.717) is 11.6 Å². The zero-order valence-electron chi connectivity index (χ0n) is 21.1. The Morgan fingerprint density at radius 2 is 1.64 bits per heavy atom. The van der Waals surface area contributed by atoms with Crippen molar-refractivity contribution in [3.05, 3.63) is 88.4 Å². The third kappa shape index (κ3) is 6.50. The predicted octanol–water partition coefficient (Wildman–Crippen LogP) is 5.18. The minimum Gasteiger partial charge on any atom is -0.606 e. The molecule has 1 fully saturated rings. The summed E-state index contributed by atoms with van der Waals surface area (Å²) in [5, 5.41) is 7.20. The predicted molar refractivity (Wildman–Crippen MR) is 148 cm³/mol. The van der Waals surface area contributed by atoms with E-state index in [-0.39, 0.29) is 11.3 Å². The van der Waals surface area contributed by atoms with E-state index in [1.54, 1.807) is 12.1 Å². The van der Waals surface area contributed by atoms with Crippen molar-refractivity contribution in [3.8, 4) is 0 Å². The lowest BCUT2D eigenvalue weighted by atomic mass is 9.68. The normalized spacial score (nSPS) is 16.1. The molecule has 0 saturated carbocycles. The van der Waals surface area contributed by atoms with Gasteiger partial charge in [0.1, 0.15) is 0 Å². The van der Waals surface area contributed by atoms with Crippen LogP contribution in [-0.4, -0.2) is 49.1 Å². The largest absolute Gasteiger partial charge is 0.606 e. The number of hydrogen-bond acceptors (Lipinski definition) is 4. The Hall–Kier alpha value is -2.35. The molecule has 3 aromatic rings. The molecule has 1 aliphatic rings. The van der Waals surface area contributed by atoms with Crippen molar-refractivity contribution >= 4 is 34.4 Å². The SMILES string of the molecule is Cc1ccc(NC(=O)CN(C)C)cc1C1(Cc2ccc([S+]([O-])c3ccc(Cl)cc3)cc2)CCNCC1. The van der Waals surface area contributed by atoms with Crippen molar-refractivity contribution in [3.63, 3.8) is 0 Å². The fraction of sp³-hybridized carbons (Fsp3) is 0.345. The molecule has 1 aliphatic heterocycles. The number of carbonyl (C=O) groups excluding carboxylic acids is 1. The van der Waals surface area contributed by atoms with Crippen molar-refractivity contribution in [2.45, 2.75) is 41.4 Å². The molecule has 1 saturated heterocycles. The van der Waals surface area contributed by atoms with Gasteiger partial charge in [0.2, 0.25) is 5.91 Å². The molecule has 0 spiro atoms. The Morgan fingerprint density at radius 3 is 2.25 bits per heavy atom. The minimum atomic E-state index is -1.25. The van der Waals surface area contributed by atoms with Gasteiger partial charge in [-0.3, -0.25) is 4.79 Å². The fourth-order valence-corrected chi connectivity index (χ4v) is 6.19. The van der Waals surface area contributed by atoms with Crippen molar-refractivity contribution in [2.75, 3.05) is 39.0 Å². The van der Waals surface area contributed by atoms with Gasteiger partial charge in [-0.1, -0.05) is 29.8 Å². The first-order chi connectivity index (χ1) is 17.3. The number of carbonyl (C=O) groups is 1. The van der Waals surface area contributed by atoms with E-state index in [9.17, 15) is 9.35 Å². The quantitative estimate of drug-likeness (QED) is 0.399. The number of nitrogens with zero attached hydrogens (tertiary/aromatic N) is 1. The summed E-state index contributed by atoms with van der Waals surface area (Å²) in [5.41, 5.74) is 4.56. The van der Waals surface area contributed by atoms with Gasteiger partial charge in [-0.25, -0.2) is 0 Å². The number of hydrogen-bond donors (Lipinski definition) is 2. The first kappa shape index (κ1) is 26.7. The summed E-state index contributed by atoms with van der Waals surface area (Å²) in [6, 6.07) is 21.6. The number of piperidine rings is 1. The highest BCUT2D eigenvalue weighted by molar-refractivity contribution is 7.91. The number of benzene rings is 3. The second-order valence-electron chi connectivity index (χ2n) is 9.89. The lowest BCUT2D eigenvalue weighted by Crippen LogP contribution is -2.42. The number of aryl methyl sites for hydroxylation is 1. The average Bonchev–Trinajstić information content (AvgIpc) is 2.86. The number of nitrogens with one attached hydrogen (secondary N) is 2. The van der Waals surface area contributed by atoms with E-state index in [2.05, 4.69) is 41.8 Å². The Morgan fingerprint density at radius 1 is 1.03 bits per heavy atom. The number of anilines is 1. The van der Waals surface area contributed by atoms with Gasteiger partial charge in [0.25, 0.3) is 0 Å². The fourth-order valence-electron chi connectivity index (χ4n) is 5.02. The van der Waals surface area contributed by atoms with E-state index < -0.39 is 11.2 Å². The van der Waals surface area contributed by atoms with Gasteiger partial charge in [-0.05, 0) is 119 Å². The summed E-state index contributed by atoms with van der Waals surface area (Å²) in [7, 11) is 3.78. The average molecular weight is 524 g/mol. The van der Waals surface area contributed by atoms with E-state index in [0.717, 1.165) is 47.8 Å². The van der Waals surface area contributed by atoms with Gasteiger partial charge in [0.15, 0.2) is 9.79 Å². The first-order valence-electron chi connectivity index (χ1n) is 12.3. The van der Waals surface area contributed by atoms with Crippen LogP contribution in [0, 0.1) is 6.92 Å². The molecule has 1 unspecified atom stereocenters. The van der Waals surface area contributed by atoms with Gasteiger partial charge < -0.3 is 20.1 Å². The van der Waals surface area contributed by atoms with Crippen LogP contribution in [0.3, 0.4) is 0 Å². The Kier molecular flexibility index (Phi) is 8.75. The third-order valence-electron chi connectivity index (χ3n) is 6.82. The number of rotatable bonds is 8. The van der Waals surface area contributed by atoms with Crippen molar-refractivity contribution in [1.29, 1.82) is 0 Å². The van der Waals surface area contributed by atoms with Crippen LogP contribution in [0.5, 0.6) is 0 Å². The second kappa shape index (κ2) is 11.8. The minimum absolute atomic E-state index is 0.0153. The van der Waals surface area contributed by atoms with Crippen LogP contribution >= 0.6 is 11.6 Å². The summed E-state index contributed by atoms with van der Waals surface area (Å²) in [4.78, 5) is 15.8. The molecule has 1 amide bonds. The summed E-state index contributed by atoms with van der Waals surface area (Å²) >= 11 is 4.73. The highest BCUT2D eigenvalue weighted by atomic mass is 35.5. The lowest BCUT2D eigenvalue weighted by molar-refractivity contribution is -0.116. The van der Waals surface area contributed by atoms with Crippen molar-refractivity contribution in [2.24, 2.45) is 0 Å². The van der Waals surface area contributed by atoms with Crippen LogP contribution in [0.1, 0.15) is 29.5 Å². The van der Waals surface area contributed by atoms with Gasteiger partial charge >= 0.3 is 0 Å². The molecule has 0 aromatic heterocycles. The third-order valence-corrected chi connectivity index (χ3v) is 8.47. The first-order valence-corrected chi connectivity index (χ1v) is 13.8. The molecule has 190 valence electrons. The van der Waals surface area contributed by atoms with Crippen LogP contribution in [0.4, 0.5) is 5.69 Å². The maximum atomic E-state index is 13.0. The maximum Gasteiger partial charge on any atom is 0.238 e. The molecule has 0 bridgehead atoms. The number of halogens is 1. The zero-order valence-corrected chi connectivity index (χ0v) is 22.7. The van der Waals surface area contributed by atoms with E-state index in [4.69, 9.17) is 11.6 Å². The number of amides is 1. The summed E-state index contributed by atoms with van der Waals surface area (Å²) in [6.45, 7) is 4.41. The molecular weight excluding hydrogens is 490 g/mol. The molecule has 2 N–H and O–H groups in total. The smallest absolute Gasteiger partial charge is 0.238 e. The van der Waals surface area contributed by atoms with Crippen LogP contribution in [-0.2, 0) is 27.8 Å². The standard InChI is InChI=1S/C29H34ClN3O2S/c1-21-4-9-24(32-28(34)20-33(2)3)18-27(21)29(14-16-31-17-15-29)19-22-5-10-25(11-6-22)36(35)26-12-7-23(30)8-13-26/h4-13,18,31H,14-17,19-20H2,1-3H3,(H,32,34). The Balaban J connectivity index is 1.58. The molecule has 4 rings (SSSR count).